The third-order valence-electron chi connectivity index (χ3n) is 7.49. The molecule has 3 aliphatic rings. The van der Waals surface area contributed by atoms with Crippen LogP contribution in [-0.4, -0.2) is 31.8 Å². The van der Waals surface area contributed by atoms with Crippen LogP contribution in [0.15, 0.2) is 29.8 Å². The zero-order valence-electron chi connectivity index (χ0n) is 17.4. The van der Waals surface area contributed by atoms with Crippen LogP contribution in [-0.2, 0) is 0 Å². The van der Waals surface area contributed by atoms with Crippen molar-refractivity contribution in [2.75, 3.05) is 0 Å². The Labute approximate surface area is 189 Å². The number of hydrogen-bond donors (Lipinski definition) is 1. The van der Waals surface area contributed by atoms with Gasteiger partial charge in [0, 0.05) is 35.0 Å². The number of benzene rings is 1. The van der Waals surface area contributed by atoms with Crippen molar-refractivity contribution >= 4 is 44.1 Å². The van der Waals surface area contributed by atoms with E-state index >= 15 is 0 Å². The van der Waals surface area contributed by atoms with Gasteiger partial charge in [0.2, 0.25) is 0 Å². The molecule has 1 aliphatic carbocycles. The molecule has 0 radical (unpaired) electrons. The Hall–Kier alpha value is -2.02. The Balaban J connectivity index is 1.22. The molecular formula is C24H24ClN5S. The lowest BCUT2D eigenvalue weighted by Gasteiger charge is -2.29. The minimum Gasteiger partial charge on any atom is -0.311 e. The fraction of sp³-hybridized carbons (Fsp3) is 0.458. The Kier molecular flexibility index (Phi) is 4.03. The van der Waals surface area contributed by atoms with Crippen molar-refractivity contribution in [3.05, 3.63) is 51.9 Å². The zero-order valence-corrected chi connectivity index (χ0v) is 19.0. The molecular weight excluding hydrogens is 426 g/mol. The monoisotopic (exact) mass is 449 g/mol. The van der Waals surface area contributed by atoms with Crippen molar-refractivity contribution in [2.24, 2.45) is 0 Å². The first kappa shape index (κ1) is 18.5. The Morgan fingerprint density at radius 1 is 1.06 bits per heavy atom. The number of aryl methyl sites for hydroxylation is 1. The Morgan fingerprint density at radius 2 is 1.90 bits per heavy atom. The summed E-state index contributed by atoms with van der Waals surface area (Å²) in [6, 6.07) is 8.36. The predicted molar refractivity (Wildman–Crippen MR) is 125 cm³/mol. The van der Waals surface area contributed by atoms with Gasteiger partial charge in [-0.25, -0.2) is 9.97 Å². The topological polar surface area (TPSA) is 55.6 Å². The minimum atomic E-state index is 0.411. The third-order valence-corrected chi connectivity index (χ3v) is 8.70. The third kappa shape index (κ3) is 2.95. The summed E-state index contributed by atoms with van der Waals surface area (Å²) in [5.74, 6) is 1.68. The van der Waals surface area contributed by atoms with E-state index in [1.165, 1.54) is 42.3 Å². The second kappa shape index (κ2) is 6.74. The van der Waals surface area contributed by atoms with Crippen molar-refractivity contribution in [2.45, 2.75) is 69.0 Å². The zero-order chi connectivity index (χ0) is 20.7. The molecule has 31 heavy (non-hydrogen) atoms. The van der Waals surface area contributed by atoms with E-state index in [0.29, 0.717) is 30.0 Å². The summed E-state index contributed by atoms with van der Waals surface area (Å²) in [5, 5.41) is 14.0. The predicted octanol–water partition coefficient (Wildman–Crippen LogP) is 5.73. The second-order valence-electron chi connectivity index (χ2n) is 9.52. The smallest absolute Gasteiger partial charge is 0.127 e. The normalized spacial score (nSPS) is 29.8. The van der Waals surface area contributed by atoms with E-state index in [1.54, 1.807) is 11.3 Å². The molecule has 3 aromatic heterocycles. The van der Waals surface area contributed by atoms with E-state index in [1.807, 2.05) is 6.92 Å². The molecule has 4 aromatic rings. The highest BCUT2D eigenvalue weighted by Gasteiger charge is 2.43. The number of aromatic nitrogens is 4. The molecule has 4 unspecified atom stereocenters. The summed E-state index contributed by atoms with van der Waals surface area (Å²) in [6.45, 7) is 1.98. The molecule has 5 heterocycles. The lowest BCUT2D eigenvalue weighted by atomic mass is 10.0. The molecule has 1 saturated carbocycles. The number of piperidine rings is 1. The summed E-state index contributed by atoms with van der Waals surface area (Å²) >= 11 is 8.65. The van der Waals surface area contributed by atoms with Crippen molar-refractivity contribution in [3.8, 4) is 0 Å². The molecule has 0 spiro atoms. The van der Waals surface area contributed by atoms with Crippen LogP contribution in [0.2, 0.25) is 5.02 Å². The highest BCUT2D eigenvalue weighted by molar-refractivity contribution is 7.16. The molecule has 2 saturated heterocycles. The molecule has 1 N–H and O–H groups in total. The lowest BCUT2D eigenvalue weighted by Crippen LogP contribution is -2.38. The van der Waals surface area contributed by atoms with Gasteiger partial charge in [-0.15, -0.1) is 11.3 Å². The van der Waals surface area contributed by atoms with Gasteiger partial charge in [-0.2, -0.15) is 5.10 Å². The molecule has 7 heteroatoms. The molecule has 5 nitrogen and oxygen atoms in total. The quantitative estimate of drug-likeness (QED) is 0.434. The van der Waals surface area contributed by atoms with Gasteiger partial charge in [0.15, 0.2) is 0 Å². The van der Waals surface area contributed by atoms with Gasteiger partial charge < -0.3 is 5.32 Å². The summed E-state index contributed by atoms with van der Waals surface area (Å²) in [6.07, 6.45) is 8.23. The number of halogens is 1. The fourth-order valence-corrected chi connectivity index (χ4v) is 7.08. The number of nitrogens with one attached hydrogen (secondary N) is 1. The van der Waals surface area contributed by atoms with E-state index < -0.39 is 0 Å². The average Bonchev–Trinajstić information content (AvgIpc) is 3.08. The maximum absolute atomic E-state index is 6.96. The van der Waals surface area contributed by atoms with Gasteiger partial charge in [0.25, 0.3) is 0 Å². The van der Waals surface area contributed by atoms with Crippen LogP contribution in [0.1, 0.15) is 67.1 Å². The summed E-state index contributed by atoms with van der Waals surface area (Å²) in [4.78, 5) is 10.5. The SMILES string of the molecule is Cc1nc(C2CC2c2ccc3cn(C4CC5CCC(C4)N5)nc3c2Cl)c2ccsc2n1. The Morgan fingerprint density at radius 3 is 2.74 bits per heavy atom. The van der Waals surface area contributed by atoms with Gasteiger partial charge in [-0.3, -0.25) is 4.68 Å². The van der Waals surface area contributed by atoms with Gasteiger partial charge >= 0.3 is 0 Å². The van der Waals surface area contributed by atoms with E-state index in [4.69, 9.17) is 21.7 Å². The van der Waals surface area contributed by atoms with Crippen LogP contribution in [0.4, 0.5) is 0 Å². The van der Waals surface area contributed by atoms with E-state index in [-0.39, 0.29) is 0 Å². The first-order valence-corrected chi connectivity index (χ1v) is 12.5. The van der Waals surface area contributed by atoms with Gasteiger partial charge in [0.1, 0.15) is 16.2 Å². The highest BCUT2D eigenvalue weighted by Crippen LogP contribution is 2.57. The fourth-order valence-electron chi connectivity index (χ4n) is 5.92. The molecule has 0 amide bonds. The molecule has 1 aromatic carbocycles. The number of thiophene rings is 1. The molecule has 4 atom stereocenters. The van der Waals surface area contributed by atoms with Crippen LogP contribution in [0.5, 0.6) is 0 Å². The number of nitrogens with zero attached hydrogens (tertiary/aromatic N) is 4. The highest BCUT2D eigenvalue weighted by atomic mass is 35.5. The van der Waals surface area contributed by atoms with Gasteiger partial charge in [-0.1, -0.05) is 23.7 Å². The summed E-state index contributed by atoms with van der Waals surface area (Å²) in [7, 11) is 0. The molecule has 3 fully saturated rings. The lowest BCUT2D eigenvalue weighted by molar-refractivity contribution is 0.283. The van der Waals surface area contributed by atoms with Crippen molar-refractivity contribution in [3.63, 3.8) is 0 Å². The minimum absolute atomic E-state index is 0.411. The second-order valence-corrected chi connectivity index (χ2v) is 10.8. The van der Waals surface area contributed by atoms with Crippen LogP contribution in [0.3, 0.4) is 0 Å². The first-order valence-electron chi connectivity index (χ1n) is 11.3. The van der Waals surface area contributed by atoms with Crippen molar-refractivity contribution in [1.82, 2.24) is 25.1 Å². The maximum Gasteiger partial charge on any atom is 0.127 e. The number of hydrogen-bond acceptors (Lipinski definition) is 5. The number of rotatable bonds is 3. The van der Waals surface area contributed by atoms with Gasteiger partial charge in [-0.05, 0) is 62.0 Å². The van der Waals surface area contributed by atoms with E-state index in [9.17, 15) is 0 Å². The summed E-state index contributed by atoms with van der Waals surface area (Å²) in [5.41, 5.74) is 3.35. The first-order chi connectivity index (χ1) is 15.1. The molecule has 2 aliphatic heterocycles. The molecule has 158 valence electrons. The van der Waals surface area contributed by atoms with Crippen LogP contribution < -0.4 is 5.32 Å². The molecule has 2 bridgehead atoms. The van der Waals surface area contributed by atoms with Crippen LogP contribution in [0, 0.1) is 6.92 Å². The van der Waals surface area contributed by atoms with E-state index in [0.717, 1.165) is 33.0 Å². The van der Waals surface area contributed by atoms with Crippen molar-refractivity contribution in [1.29, 1.82) is 0 Å². The number of fused-ring (bicyclic) bond motifs is 4. The van der Waals surface area contributed by atoms with Crippen LogP contribution in [0.25, 0.3) is 21.1 Å². The largest absolute Gasteiger partial charge is 0.311 e. The van der Waals surface area contributed by atoms with Crippen LogP contribution >= 0.6 is 22.9 Å². The Bertz CT molecular complexity index is 1310. The van der Waals surface area contributed by atoms with E-state index in [2.05, 4.69) is 44.8 Å². The summed E-state index contributed by atoms with van der Waals surface area (Å²) < 4.78 is 2.19. The van der Waals surface area contributed by atoms with Crippen molar-refractivity contribution < 1.29 is 0 Å². The molecule has 7 rings (SSSR count). The standard InChI is InChI=1S/C24H24ClN5S/c1-12-26-23(18-6-7-31-24(18)27-12)20-10-19(20)17-5-2-13-11-30(29-22(13)21(17)25)16-8-14-3-4-15(9-16)28-14/h2,5-7,11,14-16,19-20,28H,3-4,8-10H2,1H3. The maximum atomic E-state index is 6.96. The van der Waals surface area contributed by atoms with Gasteiger partial charge in [0.05, 0.1) is 16.8 Å². The average molecular weight is 450 g/mol.